The number of sulfone groups is 1. The summed E-state index contributed by atoms with van der Waals surface area (Å²) in [6.07, 6.45) is 13.3. The molecule has 0 atom stereocenters. The van der Waals surface area contributed by atoms with Crippen molar-refractivity contribution in [2.45, 2.75) is 30.9 Å². The Morgan fingerprint density at radius 1 is 0.867 bits per heavy atom. The summed E-state index contributed by atoms with van der Waals surface area (Å²) in [5.41, 5.74) is 0. The van der Waals surface area contributed by atoms with E-state index in [0.29, 0.717) is 18.8 Å². The summed E-state index contributed by atoms with van der Waals surface area (Å²) < 4.78 is 23.8. The number of allylic oxidation sites excluding steroid dienone is 5. The third-order valence-corrected chi connectivity index (χ3v) is 4.86. The average Bonchev–Trinajstić information content (AvgIpc) is 2.32. The lowest BCUT2D eigenvalue weighted by Gasteiger charge is -2.10. The molecule has 2 rings (SSSR count). The Hall–Kier alpha value is -0.830. The second-order valence-corrected chi connectivity index (χ2v) is 6.30. The Balaban J connectivity index is 2.41. The Labute approximate surface area is 91.3 Å². The van der Waals surface area contributed by atoms with E-state index in [2.05, 4.69) is 12.2 Å². The highest BCUT2D eigenvalue weighted by Crippen LogP contribution is 2.23. The van der Waals surface area contributed by atoms with E-state index in [1.54, 1.807) is 0 Å². The Morgan fingerprint density at radius 3 is 2.00 bits per heavy atom. The normalized spacial score (nSPS) is 40.3. The lowest BCUT2D eigenvalue weighted by molar-refractivity contribution is 0.588. The molecule has 2 heterocycles. The second kappa shape index (κ2) is 4.35. The first-order valence-corrected chi connectivity index (χ1v) is 7.01. The van der Waals surface area contributed by atoms with E-state index in [0.717, 1.165) is 12.8 Å². The van der Waals surface area contributed by atoms with Gasteiger partial charge in [-0.05, 0) is 31.6 Å². The van der Waals surface area contributed by atoms with E-state index in [9.17, 15) is 8.42 Å². The number of rotatable bonds is 0. The second-order valence-electron chi connectivity index (χ2n) is 4.19. The van der Waals surface area contributed by atoms with Crippen LogP contribution in [0, 0.1) is 5.92 Å². The molecular formula is C12H16O2S. The first-order chi connectivity index (χ1) is 7.18. The monoisotopic (exact) mass is 224 g/mol. The van der Waals surface area contributed by atoms with Gasteiger partial charge in [-0.3, -0.25) is 0 Å². The molecule has 0 radical (unpaired) electrons. The fraction of sp³-hybridized carbons (Fsp3) is 0.500. The smallest absolute Gasteiger partial charge is 0.174 e. The third-order valence-electron chi connectivity index (χ3n) is 3.01. The van der Waals surface area contributed by atoms with Gasteiger partial charge in [0.2, 0.25) is 0 Å². The fourth-order valence-electron chi connectivity index (χ4n) is 1.99. The van der Waals surface area contributed by atoms with Crippen molar-refractivity contribution in [3.05, 3.63) is 35.8 Å². The van der Waals surface area contributed by atoms with Crippen LogP contribution in [0.3, 0.4) is 0 Å². The molecular weight excluding hydrogens is 208 g/mol. The van der Waals surface area contributed by atoms with Crippen molar-refractivity contribution in [1.82, 2.24) is 0 Å². The maximum absolute atomic E-state index is 11.9. The van der Waals surface area contributed by atoms with Crippen molar-refractivity contribution in [3.8, 4) is 0 Å². The van der Waals surface area contributed by atoms with Crippen LogP contribution in [0.4, 0.5) is 0 Å². The molecule has 0 saturated heterocycles. The van der Waals surface area contributed by atoms with E-state index in [1.165, 1.54) is 5.41 Å². The predicted octanol–water partition coefficient (Wildman–Crippen LogP) is 2.60. The van der Waals surface area contributed by atoms with Gasteiger partial charge in [-0.2, -0.15) is 0 Å². The zero-order chi connectivity index (χ0) is 10.7. The molecule has 0 unspecified atom stereocenters. The molecule has 2 aliphatic heterocycles. The molecule has 0 saturated carbocycles. The highest BCUT2D eigenvalue weighted by Gasteiger charge is 2.22. The molecule has 0 fully saturated rings. The maximum Gasteiger partial charge on any atom is 0.174 e. The zero-order valence-corrected chi connectivity index (χ0v) is 9.49. The summed E-state index contributed by atoms with van der Waals surface area (Å²) in [7, 11) is -3.04. The van der Waals surface area contributed by atoms with Crippen LogP contribution in [0.1, 0.15) is 25.7 Å². The summed E-state index contributed by atoms with van der Waals surface area (Å²) in [6.45, 7) is 0. The molecule has 0 aromatic rings. The van der Waals surface area contributed by atoms with Crippen molar-refractivity contribution >= 4 is 9.84 Å². The highest BCUT2D eigenvalue weighted by atomic mass is 32.2. The van der Waals surface area contributed by atoms with Gasteiger partial charge < -0.3 is 0 Å². The van der Waals surface area contributed by atoms with Gasteiger partial charge in [0, 0.05) is 5.41 Å². The molecule has 0 aliphatic carbocycles. The lowest BCUT2D eigenvalue weighted by atomic mass is 9.99. The SMILES string of the molecule is O=S1(=O)/C=C\C2C/C=C\CC1C/C=C\C2. The minimum atomic E-state index is -3.04. The molecule has 2 aliphatic rings. The van der Waals surface area contributed by atoms with Crippen LogP contribution in [0.2, 0.25) is 0 Å². The summed E-state index contributed by atoms with van der Waals surface area (Å²) in [6, 6.07) is 0. The summed E-state index contributed by atoms with van der Waals surface area (Å²) >= 11 is 0. The van der Waals surface area contributed by atoms with Crippen molar-refractivity contribution in [2.75, 3.05) is 0 Å². The van der Waals surface area contributed by atoms with Gasteiger partial charge in [0.15, 0.2) is 9.84 Å². The maximum atomic E-state index is 11.9. The lowest BCUT2D eigenvalue weighted by Crippen LogP contribution is -2.17. The first kappa shape index (κ1) is 10.7. The van der Waals surface area contributed by atoms with Crippen LogP contribution in [-0.4, -0.2) is 13.7 Å². The van der Waals surface area contributed by atoms with Crippen LogP contribution in [0.25, 0.3) is 0 Å². The van der Waals surface area contributed by atoms with E-state index < -0.39 is 9.84 Å². The molecule has 0 aromatic carbocycles. The number of hydrogen-bond acceptors (Lipinski definition) is 2. The van der Waals surface area contributed by atoms with Gasteiger partial charge in [0.05, 0.1) is 5.25 Å². The van der Waals surface area contributed by atoms with Gasteiger partial charge in [0.25, 0.3) is 0 Å². The minimum Gasteiger partial charge on any atom is -0.224 e. The average molecular weight is 224 g/mol. The van der Waals surface area contributed by atoms with Crippen LogP contribution in [0.15, 0.2) is 35.8 Å². The van der Waals surface area contributed by atoms with E-state index >= 15 is 0 Å². The van der Waals surface area contributed by atoms with Crippen LogP contribution in [0.5, 0.6) is 0 Å². The molecule has 0 N–H and O–H groups in total. The van der Waals surface area contributed by atoms with Crippen molar-refractivity contribution in [1.29, 1.82) is 0 Å². The fourth-order valence-corrected chi connectivity index (χ4v) is 3.41. The molecule has 3 heteroatoms. The van der Waals surface area contributed by atoms with Gasteiger partial charge in [-0.15, -0.1) is 0 Å². The Morgan fingerprint density at radius 2 is 1.40 bits per heavy atom. The topological polar surface area (TPSA) is 34.1 Å². The molecule has 2 bridgehead atoms. The van der Waals surface area contributed by atoms with Crippen molar-refractivity contribution in [3.63, 3.8) is 0 Å². The van der Waals surface area contributed by atoms with Crippen molar-refractivity contribution < 1.29 is 8.42 Å². The van der Waals surface area contributed by atoms with Gasteiger partial charge in [-0.1, -0.05) is 30.4 Å². The van der Waals surface area contributed by atoms with Gasteiger partial charge in [0.1, 0.15) is 0 Å². The summed E-state index contributed by atoms with van der Waals surface area (Å²) in [4.78, 5) is 0. The van der Waals surface area contributed by atoms with Crippen LogP contribution in [-0.2, 0) is 9.84 Å². The molecule has 2 nitrogen and oxygen atoms in total. The third kappa shape index (κ3) is 2.59. The number of fused-ring (bicyclic) bond motifs is 3. The number of hydrogen-bond donors (Lipinski definition) is 0. The molecule has 82 valence electrons. The summed E-state index contributed by atoms with van der Waals surface area (Å²) in [5, 5.41) is 1.17. The Bertz CT molecular complexity index is 383. The quantitative estimate of drug-likeness (QED) is 0.593. The standard InChI is InChI=1S/C12H16O2S/c13-15(14)10-9-11-5-1-3-7-12(15)8-4-2-6-11/h1-4,9-12H,5-8H2/b3-1-,4-2-,10-9-. The van der Waals surface area contributed by atoms with Crippen LogP contribution >= 0.6 is 0 Å². The van der Waals surface area contributed by atoms with E-state index in [4.69, 9.17) is 0 Å². The molecule has 15 heavy (non-hydrogen) atoms. The first-order valence-electron chi connectivity index (χ1n) is 5.40. The summed E-state index contributed by atoms with van der Waals surface area (Å²) in [5.74, 6) is 0.337. The van der Waals surface area contributed by atoms with E-state index in [1.807, 2.05) is 18.2 Å². The van der Waals surface area contributed by atoms with Crippen LogP contribution < -0.4 is 0 Å². The Kier molecular flexibility index (Phi) is 3.10. The largest absolute Gasteiger partial charge is 0.224 e. The molecule has 0 aromatic heterocycles. The minimum absolute atomic E-state index is 0.266. The predicted molar refractivity (Wildman–Crippen MR) is 62.1 cm³/mol. The zero-order valence-electron chi connectivity index (χ0n) is 8.67. The highest BCUT2D eigenvalue weighted by molar-refractivity contribution is 7.94. The van der Waals surface area contributed by atoms with Gasteiger partial charge >= 0.3 is 0 Å². The van der Waals surface area contributed by atoms with E-state index in [-0.39, 0.29) is 5.25 Å². The van der Waals surface area contributed by atoms with Crippen molar-refractivity contribution in [2.24, 2.45) is 5.92 Å². The molecule has 0 spiro atoms. The van der Waals surface area contributed by atoms with Gasteiger partial charge in [-0.25, -0.2) is 8.42 Å². The molecule has 0 amide bonds.